The normalized spacial score (nSPS) is 15.8. The number of halogens is 2. The number of hydrogen-bond acceptors (Lipinski definition) is 6. The summed E-state index contributed by atoms with van der Waals surface area (Å²) in [4.78, 5) is 35.3. The van der Waals surface area contributed by atoms with Crippen molar-refractivity contribution >= 4 is 34.7 Å². The van der Waals surface area contributed by atoms with Crippen molar-refractivity contribution in [2.45, 2.75) is 32.5 Å². The van der Waals surface area contributed by atoms with Crippen LogP contribution in [0.4, 0.5) is 15.9 Å². The predicted molar refractivity (Wildman–Crippen MR) is 131 cm³/mol. The van der Waals surface area contributed by atoms with Gasteiger partial charge in [0.25, 0.3) is 5.56 Å². The zero-order valence-corrected chi connectivity index (χ0v) is 19.6. The van der Waals surface area contributed by atoms with Crippen molar-refractivity contribution in [3.8, 4) is 0 Å². The summed E-state index contributed by atoms with van der Waals surface area (Å²) in [7, 11) is 0. The van der Waals surface area contributed by atoms with Crippen molar-refractivity contribution in [2.75, 3.05) is 10.2 Å². The first-order chi connectivity index (χ1) is 16.7. The van der Waals surface area contributed by atoms with Gasteiger partial charge in [-0.2, -0.15) is 0 Å². The molecule has 0 amide bonds. The number of anilines is 2. The van der Waals surface area contributed by atoms with Gasteiger partial charge in [0.05, 0.1) is 17.8 Å². The SMILES string of the molecule is C[C@@H]1c2ccccc2CN1c1cc(=O)n2cc(F)cc([C@@H](C)Nc3ccc(Cl)nc3C(=O)O)c2n1. The molecule has 1 aliphatic rings. The standard InChI is InChI=1S/C25H21ClFN5O3/c1-13(28-19-7-8-20(26)29-23(19)25(34)35)18-9-16(27)12-32-22(33)10-21(30-24(18)32)31-11-15-5-3-4-6-17(15)14(31)2/h3-10,12-14,28H,11H2,1-2H3,(H,34,35)/t13-,14-/m1/s1. The molecule has 3 aromatic heterocycles. The first kappa shape index (κ1) is 22.8. The Balaban J connectivity index is 1.58. The number of pyridine rings is 2. The van der Waals surface area contributed by atoms with Gasteiger partial charge in [0.1, 0.15) is 22.4 Å². The Morgan fingerprint density at radius 1 is 1.23 bits per heavy atom. The summed E-state index contributed by atoms with van der Waals surface area (Å²) in [5, 5.41) is 12.6. The third-order valence-electron chi connectivity index (χ3n) is 6.25. The van der Waals surface area contributed by atoms with Crippen LogP contribution in [0.25, 0.3) is 5.65 Å². The number of aromatic carboxylic acids is 1. The lowest BCUT2D eigenvalue weighted by atomic mass is 10.1. The van der Waals surface area contributed by atoms with E-state index in [0.29, 0.717) is 17.9 Å². The Kier molecular flexibility index (Phi) is 5.64. The quantitative estimate of drug-likeness (QED) is 0.384. The lowest BCUT2D eigenvalue weighted by molar-refractivity contribution is 0.0691. The van der Waals surface area contributed by atoms with Crippen LogP contribution >= 0.6 is 11.6 Å². The van der Waals surface area contributed by atoms with Crippen LogP contribution in [-0.4, -0.2) is 25.4 Å². The van der Waals surface area contributed by atoms with E-state index in [0.717, 1.165) is 11.8 Å². The number of carboxylic acids is 1. The molecule has 0 radical (unpaired) electrons. The third-order valence-corrected chi connectivity index (χ3v) is 6.46. The fourth-order valence-electron chi connectivity index (χ4n) is 4.53. The highest BCUT2D eigenvalue weighted by Gasteiger charge is 2.28. The van der Waals surface area contributed by atoms with Gasteiger partial charge >= 0.3 is 5.97 Å². The molecule has 0 fully saturated rings. The lowest BCUT2D eigenvalue weighted by Gasteiger charge is -2.24. The van der Waals surface area contributed by atoms with Crippen molar-refractivity contribution in [3.05, 3.63) is 98.4 Å². The van der Waals surface area contributed by atoms with Crippen LogP contribution in [0.2, 0.25) is 5.15 Å². The van der Waals surface area contributed by atoms with E-state index in [1.54, 1.807) is 6.92 Å². The zero-order valence-electron chi connectivity index (χ0n) is 18.9. The Morgan fingerprint density at radius 3 is 2.74 bits per heavy atom. The molecule has 1 aromatic carbocycles. The van der Waals surface area contributed by atoms with Gasteiger partial charge in [-0.15, -0.1) is 0 Å². The Hall–Kier alpha value is -3.98. The monoisotopic (exact) mass is 493 g/mol. The van der Waals surface area contributed by atoms with Crippen LogP contribution in [0.15, 0.2) is 59.5 Å². The number of nitrogens with zero attached hydrogens (tertiary/aromatic N) is 4. The lowest BCUT2D eigenvalue weighted by Crippen LogP contribution is -2.25. The van der Waals surface area contributed by atoms with E-state index < -0.39 is 23.4 Å². The van der Waals surface area contributed by atoms with E-state index in [1.165, 1.54) is 34.2 Å². The van der Waals surface area contributed by atoms with E-state index in [-0.39, 0.29) is 28.2 Å². The molecule has 4 heterocycles. The van der Waals surface area contributed by atoms with Gasteiger partial charge in [-0.25, -0.2) is 19.2 Å². The molecule has 2 atom stereocenters. The van der Waals surface area contributed by atoms with Gasteiger partial charge in [-0.3, -0.25) is 9.20 Å². The van der Waals surface area contributed by atoms with E-state index in [4.69, 9.17) is 16.6 Å². The van der Waals surface area contributed by atoms with Crippen molar-refractivity contribution in [3.63, 3.8) is 0 Å². The van der Waals surface area contributed by atoms with E-state index in [2.05, 4.69) is 16.4 Å². The molecule has 35 heavy (non-hydrogen) atoms. The van der Waals surface area contributed by atoms with Gasteiger partial charge in [-0.1, -0.05) is 35.9 Å². The van der Waals surface area contributed by atoms with Gasteiger partial charge < -0.3 is 15.3 Å². The number of nitrogens with one attached hydrogen (secondary N) is 1. The van der Waals surface area contributed by atoms with Crippen LogP contribution in [0, 0.1) is 5.82 Å². The van der Waals surface area contributed by atoms with Crippen LogP contribution < -0.4 is 15.8 Å². The summed E-state index contributed by atoms with van der Waals surface area (Å²) >= 11 is 5.85. The maximum Gasteiger partial charge on any atom is 0.356 e. The van der Waals surface area contributed by atoms with E-state index in [1.807, 2.05) is 30.0 Å². The number of benzene rings is 1. The summed E-state index contributed by atoms with van der Waals surface area (Å²) in [6.07, 6.45) is 1.10. The number of carbonyl (C=O) groups is 1. The topological polar surface area (TPSA) is 99.8 Å². The average Bonchev–Trinajstić information content (AvgIpc) is 3.16. The Bertz CT molecular complexity index is 1540. The van der Waals surface area contributed by atoms with Gasteiger partial charge in [-0.05, 0) is 43.2 Å². The minimum absolute atomic E-state index is 0.0123. The number of hydrogen-bond donors (Lipinski definition) is 2. The first-order valence-electron chi connectivity index (χ1n) is 11.0. The fourth-order valence-corrected chi connectivity index (χ4v) is 4.67. The van der Waals surface area contributed by atoms with Gasteiger partial charge in [0, 0.05) is 24.4 Å². The molecule has 0 saturated heterocycles. The largest absolute Gasteiger partial charge is 0.476 e. The smallest absolute Gasteiger partial charge is 0.356 e. The van der Waals surface area contributed by atoms with Crippen molar-refractivity contribution in [1.29, 1.82) is 0 Å². The number of carboxylic acid groups (broad SMARTS) is 1. The maximum atomic E-state index is 14.5. The molecule has 4 aromatic rings. The minimum Gasteiger partial charge on any atom is -0.476 e. The zero-order chi connectivity index (χ0) is 24.9. The molecule has 0 saturated carbocycles. The highest BCUT2D eigenvalue weighted by molar-refractivity contribution is 6.29. The molecular formula is C25H21ClFN5O3. The molecule has 178 valence electrons. The maximum absolute atomic E-state index is 14.5. The van der Waals surface area contributed by atoms with Gasteiger partial charge in [0.15, 0.2) is 5.69 Å². The van der Waals surface area contributed by atoms with Crippen molar-refractivity contribution in [2.24, 2.45) is 0 Å². The van der Waals surface area contributed by atoms with Crippen molar-refractivity contribution in [1.82, 2.24) is 14.4 Å². The van der Waals surface area contributed by atoms with Crippen molar-refractivity contribution < 1.29 is 14.3 Å². The van der Waals surface area contributed by atoms with Gasteiger partial charge in [0.2, 0.25) is 0 Å². The van der Waals surface area contributed by atoms with E-state index in [9.17, 15) is 19.1 Å². The molecule has 2 N–H and O–H groups in total. The Labute approximate surface area is 204 Å². The van der Waals surface area contributed by atoms with E-state index >= 15 is 0 Å². The molecular weight excluding hydrogens is 473 g/mol. The summed E-state index contributed by atoms with van der Waals surface area (Å²) in [5.41, 5.74) is 2.52. The van der Waals surface area contributed by atoms with Crippen LogP contribution in [0.3, 0.4) is 0 Å². The number of aromatic nitrogens is 3. The average molecular weight is 494 g/mol. The number of rotatable bonds is 5. The summed E-state index contributed by atoms with van der Waals surface area (Å²) in [6, 6.07) is 13.1. The first-order valence-corrected chi connectivity index (χ1v) is 11.3. The molecule has 0 spiro atoms. The second kappa shape index (κ2) is 8.66. The molecule has 10 heteroatoms. The fraction of sp³-hybridized carbons (Fsp3) is 0.200. The van der Waals surface area contributed by atoms with Crippen LogP contribution in [0.1, 0.15) is 53.1 Å². The molecule has 0 aliphatic carbocycles. The second-order valence-electron chi connectivity index (χ2n) is 8.46. The molecule has 1 aliphatic heterocycles. The highest BCUT2D eigenvalue weighted by atomic mass is 35.5. The van der Waals surface area contributed by atoms with Crippen LogP contribution in [-0.2, 0) is 6.54 Å². The number of fused-ring (bicyclic) bond motifs is 2. The van der Waals surface area contributed by atoms with Crippen LogP contribution in [0.5, 0.6) is 0 Å². The molecule has 0 bridgehead atoms. The molecule has 8 nitrogen and oxygen atoms in total. The summed E-state index contributed by atoms with van der Waals surface area (Å²) in [5.74, 6) is -1.39. The minimum atomic E-state index is -1.26. The molecule has 0 unspecified atom stereocenters. The molecule has 5 rings (SSSR count). The highest BCUT2D eigenvalue weighted by Crippen LogP contribution is 2.36. The summed E-state index contributed by atoms with van der Waals surface area (Å²) < 4.78 is 15.7. The summed E-state index contributed by atoms with van der Waals surface area (Å²) in [6.45, 7) is 4.37. The second-order valence-corrected chi connectivity index (χ2v) is 8.85. The Morgan fingerprint density at radius 2 is 2.00 bits per heavy atom. The predicted octanol–water partition coefficient (Wildman–Crippen LogP) is 4.83. The third kappa shape index (κ3) is 4.08.